The summed E-state index contributed by atoms with van der Waals surface area (Å²) in [5.41, 5.74) is 11.6. The standard InChI is InChI=1S/C33H34N2O10/c1-16-24(42-31-26(38)28(44-32(35)40)29(41-4)33(2,3)45-31)11-10-21-25(37)22(30(39)43-27(16)21)15-23(36)19-12-18(13-20(34)14-19)17-8-6-5-7-9-17/h5-14,26,28-29,31,37-38H,15,34H2,1-4H3,(H2,35,40)/t26-,28+,29-,31-/m1/s1. The number of primary amides is 1. The van der Waals surface area contributed by atoms with Crippen LogP contribution in [-0.2, 0) is 20.6 Å². The van der Waals surface area contributed by atoms with E-state index in [1.54, 1.807) is 32.9 Å². The molecule has 1 aliphatic rings. The third kappa shape index (κ3) is 6.21. The Balaban J connectivity index is 1.44. The van der Waals surface area contributed by atoms with Crippen LogP contribution in [0.5, 0.6) is 11.5 Å². The normalized spacial score (nSPS) is 20.9. The molecule has 0 saturated carbocycles. The molecule has 0 bridgehead atoms. The summed E-state index contributed by atoms with van der Waals surface area (Å²) in [7, 11) is 1.38. The van der Waals surface area contributed by atoms with Gasteiger partial charge in [0, 0.05) is 30.3 Å². The van der Waals surface area contributed by atoms with E-state index in [1.807, 2.05) is 30.3 Å². The Morgan fingerprint density at radius 1 is 1.04 bits per heavy atom. The maximum atomic E-state index is 13.3. The Kier molecular flexibility index (Phi) is 8.57. The van der Waals surface area contributed by atoms with E-state index in [9.17, 15) is 24.6 Å². The summed E-state index contributed by atoms with van der Waals surface area (Å²) in [5.74, 6) is -0.703. The molecule has 5 rings (SSSR count). The Hall–Kier alpha value is -4.91. The van der Waals surface area contributed by atoms with Crippen LogP contribution in [0.25, 0.3) is 22.1 Å². The largest absolute Gasteiger partial charge is 0.507 e. The minimum absolute atomic E-state index is 0.00535. The fourth-order valence-corrected chi connectivity index (χ4v) is 5.63. The van der Waals surface area contributed by atoms with Crippen LogP contribution in [0.2, 0.25) is 0 Å². The molecule has 1 aromatic heterocycles. The zero-order valence-corrected chi connectivity index (χ0v) is 25.1. The molecule has 4 atom stereocenters. The predicted octanol–water partition coefficient (Wildman–Crippen LogP) is 3.84. The number of nitrogen functional groups attached to an aromatic ring is 1. The van der Waals surface area contributed by atoms with E-state index in [4.69, 9.17) is 34.8 Å². The van der Waals surface area contributed by atoms with Crippen molar-refractivity contribution in [1.29, 1.82) is 0 Å². The summed E-state index contributed by atoms with van der Waals surface area (Å²) in [6, 6.07) is 17.3. The number of methoxy groups -OCH3 is 1. The number of carbonyl (C=O) groups excluding carboxylic acids is 2. The molecule has 1 aliphatic heterocycles. The Bertz CT molecular complexity index is 1820. The molecule has 1 saturated heterocycles. The number of ketones is 1. The van der Waals surface area contributed by atoms with Crippen LogP contribution in [0, 0.1) is 6.92 Å². The molecular formula is C33H34N2O10. The van der Waals surface area contributed by atoms with Crippen LogP contribution in [0.3, 0.4) is 0 Å². The molecule has 0 spiro atoms. The maximum absolute atomic E-state index is 13.3. The van der Waals surface area contributed by atoms with E-state index in [2.05, 4.69) is 0 Å². The molecule has 12 heteroatoms. The number of ether oxygens (including phenoxy) is 4. The van der Waals surface area contributed by atoms with Crippen molar-refractivity contribution in [2.45, 2.75) is 57.4 Å². The Morgan fingerprint density at radius 2 is 1.76 bits per heavy atom. The number of carbonyl (C=O) groups is 2. The predicted molar refractivity (Wildman–Crippen MR) is 164 cm³/mol. The van der Waals surface area contributed by atoms with Gasteiger partial charge in [0.1, 0.15) is 23.2 Å². The number of amides is 1. The maximum Gasteiger partial charge on any atom is 0.404 e. The zero-order chi connectivity index (χ0) is 32.6. The molecule has 0 unspecified atom stereocenters. The first-order valence-electron chi connectivity index (χ1n) is 14.1. The first-order valence-corrected chi connectivity index (χ1v) is 14.1. The second-order valence-electron chi connectivity index (χ2n) is 11.3. The van der Waals surface area contributed by atoms with Gasteiger partial charge in [0.05, 0.1) is 16.6 Å². The number of aliphatic hydroxyl groups excluding tert-OH is 1. The van der Waals surface area contributed by atoms with Crippen molar-refractivity contribution in [3.8, 4) is 22.6 Å². The highest BCUT2D eigenvalue weighted by molar-refractivity contribution is 6.00. The number of anilines is 1. The van der Waals surface area contributed by atoms with Gasteiger partial charge >= 0.3 is 11.7 Å². The molecule has 6 N–H and O–H groups in total. The number of benzene rings is 3. The summed E-state index contributed by atoms with van der Waals surface area (Å²) >= 11 is 0. The summed E-state index contributed by atoms with van der Waals surface area (Å²) < 4.78 is 28.0. The van der Waals surface area contributed by atoms with Gasteiger partial charge in [0.25, 0.3) is 0 Å². The number of aliphatic hydroxyl groups is 1. The third-order valence-electron chi connectivity index (χ3n) is 7.83. The lowest BCUT2D eigenvalue weighted by atomic mass is 9.89. The molecule has 3 aromatic carbocycles. The van der Waals surface area contributed by atoms with Crippen molar-refractivity contribution in [3.63, 3.8) is 0 Å². The van der Waals surface area contributed by atoms with Gasteiger partial charge < -0.3 is 45.0 Å². The first kappa shape index (κ1) is 31.5. The Morgan fingerprint density at radius 3 is 2.42 bits per heavy atom. The van der Waals surface area contributed by atoms with E-state index in [0.717, 1.165) is 11.1 Å². The quantitative estimate of drug-likeness (QED) is 0.127. The van der Waals surface area contributed by atoms with Crippen LogP contribution in [0.15, 0.2) is 69.9 Å². The second kappa shape index (κ2) is 12.2. The monoisotopic (exact) mass is 618 g/mol. The van der Waals surface area contributed by atoms with Gasteiger partial charge in [-0.2, -0.15) is 0 Å². The van der Waals surface area contributed by atoms with Crippen molar-refractivity contribution in [2.24, 2.45) is 5.73 Å². The van der Waals surface area contributed by atoms with Gasteiger partial charge in [-0.1, -0.05) is 30.3 Å². The molecule has 2 heterocycles. The fraction of sp³-hybridized carbons (Fsp3) is 0.303. The Labute approximate surface area is 258 Å². The van der Waals surface area contributed by atoms with Crippen LogP contribution in [-0.4, -0.2) is 59.4 Å². The highest BCUT2D eigenvalue weighted by Crippen LogP contribution is 2.38. The minimum atomic E-state index is -1.51. The van der Waals surface area contributed by atoms with Crippen molar-refractivity contribution < 1.29 is 43.2 Å². The first-order chi connectivity index (χ1) is 21.3. The average molecular weight is 619 g/mol. The van der Waals surface area contributed by atoms with E-state index >= 15 is 0 Å². The molecule has 236 valence electrons. The lowest BCUT2D eigenvalue weighted by Crippen LogP contribution is -2.65. The molecule has 0 radical (unpaired) electrons. The smallest absolute Gasteiger partial charge is 0.404 e. The molecule has 4 aromatic rings. The summed E-state index contributed by atoms with van der Waals surface area (Å²) in [4.78, 5) is 37.9. The second-order valence-corrected chi connectivity index (χ2v) is 11.3. The number of fused-ring (bicyclic) bond motifs is 1. The van der Waals surface area contributed by atoms with E-state index in [1.165, 1.54) is 25.3 Å². The SMILES string of the molecule is CO[C@@H]1[C@@H](OC(N)=O)[C@@H](O)[C@H](Oc2ccc3c(O)c(CC(=O)c4cc(N)cc(-c5ccccc5)c4)c(=O)oc3c2C)OC1(C)C. The van der Waals surface area contributed by atoms with E-state index in [-0.39, 0.29) is 27.8 Å². The number of Topliss-reactive ketones (excluding diaryl/α,β-unsaturated/α-hetero) is 1. The van der Waals surface area contributed by atoms with Crippen LogP contribution >= 0.6 is 0 Å². The topological polar surface area (TPSA) is 194 Å². The molecule has 1 amide bonds. The van der Waals surface area contributed by atoms with Gasteiger partial charge in [0.15, 0.2) is 18.0 Å². The summed E-state index contributed by atoms with van der Waals surface area (Å²) in [5, 5.41) is 22.2. The fourth-order valence-electron chi connectivity index (χ4n) is 5.63. The average Bonchev–Trinajstić information content (AvgIpc) is 2.99. The summed E-state index contributed by atoms with van der Waals surface area (Å²) in [6.45, 7) is 4.92. The van der Waals surface area contributed by atoms with E-state index < -0.39 is 59.9 Å². The number of aromatic hydroxyl groups is 1. The van der Waals surface area contributed by atoms with Gasteiger partial charge in [-0.3, -0.25) is 4.79 Å². The third-order valence-corrected chi connectivity index (χ3v) is 7.83. The minimum Gasteiger partial charge on any atom is -0.507 e. The number of aryl methyl sites for hydroxylation is 1. The molecule has 45 heavy (non-hydrogen) atoms. The highest BCUT2D eigenvalue weighted by Gasteiger charge is 2.53. The van der Waals surface area contributed by atoms with Crippen LogP contribution in [0.4, 0.5) is 10.5 Å². The lowest BCUT2D eigenvalue weighted by molar-refractivity contribution is -0.304. The van der Waals surface area contributed by atoms with Gasteiger partial charge in [0.2, 0.25) is 6.29 Å². The number of hydrogen-bond donors (Lipinski definition) is 4. The molecule has 12 nitrogen and oxygen atoms in total. The number of nitrogens with two attached hydrogens (primary N) is 2. The van der Waals surface area contributed by atoms with Crippen molar-refractivity contribution in [1.82, 2.24) is 0 Å². The van der Waals surface area contributed by atoms with Gasteiger partial charge in [-0.15, -0.1) is 0 Å². The van der Waals surface area contributed by atoms with Gasteiger partial charge in [-0.25, -0.2) is 9.59 Å². The molecular weight excluding hydrogens is 584 g/mol. The zero-order valence-electron chi connectivity index (χ0n) is 25.1. The van der Waals surface area contributed by atoms with Crippen molar-refractivity contribution in [2.75, 3.05) is 12.8 Å². The molecule has 0 aliphatic carbocycles. The number of hydrogen-bond acceptors (Lipinski definition) is 11. The highest BCUT2D eigenvalue weighted by atomic mass is 16.7. The van der Waals surface area contributed by atoms with Crippen LogP contribution in [0.1, 0.15) is 35.3 Å². The number of rotatable bonds is 8. The summed E-state index contributed by atoms with van der Waals surface area (Å²) in [6.07, 6.45) is -6.48. The van der Waals surface area contributed by atoms with Gasteiger partial charge in [-0.05, 0) is 62.2 Å². The molecule has 1 fully saturated rings. The lowest BCUT2D eigenvalue weighted by Gasteiger charge is -2.47. The van der Waals surface area contributed by atoms with Crippen molar-refractivity contribution in [3.05, 3.63) is 87.8 Å². The van der Waals surface area contributed by atoms with Crippen molar-refractivity contribution >= 4 is 28.5 Å². The van der Waals surface area contributed by atoms with E-state index in [0.29, 0.717) is 11.3 Å². The van der Waals surface area contributed by atoms with Crippen LogP contribution < -0.4 is 21.8 Å².